The average Bonchev–Trinajstić information content (AvgIpc) is 2.17. The van der Waals surface area contributed by atoms with Crippen LogP contribution in [0.5, 0.6) is 0 Å². The van der Waals surface area contributed by atoms with E-state index < -0.39 is 5.67 Å². The van der Waals surface area contributed by atoms with Gasteiger partial charge in [0, 0.05) is 12.6 Å². The lowest BCUT2D eigenvalue weighted by atomic mass is 9.83. The van der Waals surface area contributed by atoms with E-state index >= 15 is 0 Å². The molecule has 0 amide bonds. The summed E-state index contributed by atoms with van der Waals surface area (Å²) < 4.78 is 14.1. The summed E-state index contributed by atoms with van der Waals surface area (Å²) >= 11 is 0. The minimum atomic E-state index is -1.20. The topological polar surface area (TPSA) is 38.0 Å². The molecule has 0 aromatic carbocycles. The molecule has 1 rings (SSSR count). The molecule has 0 bridgehead atoms. The molecule has 3 unspecified atom stereocenters. The van der Waals surface area contributed by atoms with Gasteiger partial charge in [-0.2, -0.15) is 0 Å². The summed E-state index contributed by atoms with van der Waals surface area (Å²) in [4.78, 5) is 0. The summed E-state index contributed by atoms with van der Waals surface area (Å²) in [5.74, 6) is 0.625. The Bertz CT molecular complexity index is 157. The maximum Gasteiger partial charge on any atom is 0.138 e. The fraction of sp³-hybridized carbons (Fsp3) is 1.00. The number of piperidine rings is 1. The maximum absolute atomic E-state index is 14.1. The molecule has 13 heavy (non-hydrogen) atoms. The molecule has 1 fully saturated rings. The third-order valence-corrected chi connectivity index (χ3v) is 3.22. The summed E-state index contributed by atoms with van der Waals surface area (Å²) in [7, 11) is 0. The number of halogens is 1. The van der Waals surface area contributed by atoms with Crippen molar-refractivity contribution in [3.05, 3.63) is 0 Å². The molecule has 1 aliphatic rings. The van der Waals surface area contributed by atoms with Gasteiger partial charge in [0.15, 0.2) is 0 Å². The first kappa shape index (κ1) is 10.9. The predicted octanol–water partition coefficient (Wildman–Crippen LogP) is 1.45. The molecule has 3 atom stereocenters. The predicted molar refractivity (Wildman–Crippen MR) is 53.4 cm³/mol. The van der Waals surface area contributed by atoms with Crippen LogP contribution in [-0.2, 0) is 0 Å². The molecule has 0 radical (unpaired) electrons. The van der Waals surface area contributed by atoms with Crippen molar-refractivity contribution in [3.63, 3.8) is 0 Å². The second-order valence-electron chi connectivity index (χ2n) is 4.23. The highest BCUT2D eigenvalue weighted by molar-refractivity contribution is 4.94. The van der Waals surface area contributed by atoms with Crippen molar-refractivity contribution in [3.8, 4) is 0 Å². The molecule has 1 aliphatic heterocycles. The van der Waals surface area contributed by atoms with Crippen LogP contribution in [0.15, 0.2) is 0 Å². The lowest BCUT2D eigenvalue weighted by molar-refractivity contribution is 0.0802. The summed E-state index contributed by atoms with van der Waals surface area (Å²) in [6.07, 6.45) is 2.58. The average molecular weight is 188 g/mol. The minimum absolute atomic E-state index is 0.0359. The van der Waals surface area contributed by atoms with Crippen molar-refractivity contribution in [2.24, 2.45) is 11.7 Å². The van der Waals surface area contributed by atoms with E-state index in [1.54, 1.807) is 0 Å². The van der Waals surface area contributed by atoms with Crippen LogP contribution in [0.2, 0.25) is 0 Å². The van der Waals surface area contributed by atoms with E-state index in [0.717, 1.165) is 19.4 Å². The second-order valence-corrected chi connectivity index (χ2v) is 4.23. The molecule has 3 N–H and O–H groups in total. The smallest absolute Gasteiger partial charge is 0.138 e. The Kier molecular flexibility index (Phi) is 3.68. The van der Waals surface area contributed by atoms with Crippen LogP contribution in [0.25, 0.3) is 0 Å². The summed E-state index contributed by atoms with van der Waals surface area (Å²) in [6, 6.07) is -0.0359. The van der Waals surface area contributed by atoms with Gasteiger partial charge >= 0.3 is 0 Å². The Morgan fingerprint density at radius 2 is 2.31 bits per heavy atom. The van der Waals surface area contributed by atoms with Crippen LogP contribution < -0.4 is 11.1 Å². The van der Waals surface area contributed by atoms with Crippen LogP contribution in [0.1, 0.15) is 33.1 Å². The lowest BCUT2D eigenvalue weighted by Gasteiger charge is -2.37. The molecule has 3 heteroatoms. The molecule has 0 aliphatic carbocycles. The van der Waals surface area contributed by atoms with Crippen LogP contribution in [0.4, 0.5) is 4.39 Å². The Labute approximate surface area is 80.1 Å². The Morgan fingerprint density at radius 3 is 2.77 bits per heavy atom. The first-order valence-electron chi connectivity index (χ1n) is 5.24. The highest BCUT2D eigenvalue weighted by Gasteiger charge is 2.38. The highest BCUT2D eigenvalue weighted by Crippen LogP contribution is 2.28. The van der Waals surface area contributed by atoms with Gasteiger partial charge in [-0.25, -0.2) is 4.39 Å². The van der Waals surface area contributed by atoms with E-state index in [0.29, 0.717) is 12.3 Å². The number of hydrogen-bond acceptors (Lipinski definition) is 2. The molecule has 0 saturated carbocycles. The summed E-state index contributed by atoms with van der Waals surface area (Å²) in [5.41, 5.74) is 4.28. The summed E-state index contributed by atoms with van der Waals surface area (Å²) in [5, 5.41) is 3.24. The fourth-order valence-corrected chi connectivity index (χ4v) is 2.03. The molecular formula is C10H21FN2. The zero-order valence-electron chi connectivity index (χ0n) is 8.65. The molecule has 1 saturated heterocycles. The van der Waals surface area contributed by atoms with E-state index in [1.807, 2.05) is 6.92 Å². The molecular weight excluding hydrogens is 167 g/mol. The van der Waals surface area contributed by atoms with Crippen molar-refractivity contribution in [2.45, 2.75) is 44.8 Å². The molecule has 1 heterocycles. The second kappa shape index (κ2) is 4.38. The number of alkyl halides is 1. The van der Waals surface area contributed by atoms with Crippen LogP contribution >= 0.6 is 0 Å². The maximum atomic E-state index is 14.1. The number of nitrogens with two attached hydrogens (primary N) is 1. The minimum Gasteiger partial charge on any atom is -0.327 e. The first-order valence-corrected chi connectivity index (χ1v) is 5.24. The van der Waals surface area contributed by atoms with Crippen molar-refractivity contribution < 1.29 is 4.39 Å². The van der Waals surface area contributed by atoms with Gasteiger partial charge in [0.05, 0.1) is 0 Å². The van der Waals surface area contributed by atoms with E-state index in [9.17, 15) is 4.39 Å². The van der Waals surface area contributed by atoms with Gasteiger partial charge in [-0.05, 0) is 31.7 Å². The van der Waals surface area contributed by atoms with Crippen molar-refractivity contribution >= 4 is 0 Å². The summed E-state index contributed by atoms with van der Waals surface area (Å²) in [6.45, 7) is 5.11. The van der Waals surface area contributed by atoms with Crippen molar-refractivity contribution in [2.75, 3.05) is 13.1 Å². The third-order valence-electron chi connectivity index (χ3n) is 3.22. The molecule has 2 nitrogen and oxygen atoms in total. The molecule has 0 aromatic rings. The highest BCUT2D eigenvalue weighted by atomic mass is 19.1. The largest absolute Gasteiger partial charge is 0.327 e. The fourth-order valence-electron chi connectivity index (χ4n) is 2.03. The van der Waals surface area contributed by atoms with E-state index in [-0.39, 0.29) is 12.6 Å². The van der Waals surface area contributed by atoms with Crippen LogP contribution in [0.3, 0.4) is 0 Å². The van der Waals surface area contributed by atoms with Crippen molar-refractivity contribution in [1.29, 1.82) is 0 Å². The Balaban J connectivity index is 2.57. The van der Waals surface area contributed by atoms with Gasteiger partial charge in [0.25, 0.3) is 0 Å². The zero-order chi connectivity index (χ0) is 9.90. The molecule has 78 valence electrons. The number of rotatable bonds is 3. The molecule has 0 spiro atoms. The van der Waals surface area contributed by atoms with Crippen LogP contribution in [0, 0.1) is 5.92 Å². The SMILES string of the molecule is CCC(F)(CN)C1CC(C)CCN1. The standard InChI is InChI=1S/C10H21FN2/c1-3-10(11,7-12)9-6-8(2)4-5-13-9/h8-9,13H,3-7,12H2,1-2H3. The van der Waals surface area contributed by atoms with Crippen molar-refractivity contribution in [1.82, 2.24) is 5.32 Å². The Hall–Kier alpha value is -0.150. The van der Waals surface area contributed by atoms with Crippen LogP contribution in [-0.4, -0.2) is 24.8 Å². The van der Waals surface area contributed by atoms with Gasteiger partial charge in [0.2, 0.25) is 0 Å². The van der Waals surface area contributed by atoms with Gasteiger partial charge < -0.3 is 11.1 Å². The zero-order valence-corrected chi connectivity index (χ0v) is 8.65. The normalized spacial score (nSPS) is 34.2. The molecule has 0 aromatic heterocycles. The number of nitrogens with one attached hydrogen (secondary N) is 1. The van der Waals surface area contributed by atoms with Gasteiger partial charge in [-0.15, -0.1) is 0 Å². The first-order chi connectivity index (χ1) is 6.12. The monoisotopic (exact) mass is 188 g/mol. The van der Waals surface area contributed by atoms with Gasteiger partial charge in [-0.1, -0.05) is 13.8 Å². The van der Waals surface area contributed by atoms with E-state index in [4.69, 9.17) is 5.73 Å². The Morgan fingerprint density at radius 1 is 1.62 bits per heavy atom. The number of hydrogen-bond donors (Lipinski definition) is 2. The van der Waals surface area contributed by atoms with Gasteiger partial charge in [0.1, 0.15) is 5.67 Å². The van der Waals surface area contributed by atoms with E-state index in [1.165, 1.54) is 0 Å². The quantitative estimate of drug-likeness (QED) is 0.703. The van der Waals surface area contributed by atoms with E-state index in [2.05, 4.69) is 12.2 Å². The third kappa shape index (κ3) is 2.41. The van der Waals surface area contributed by atoms with Gasteiger partial charge in [-0.3, -0.25) is 0 Å². The lowest BCUT2D eigenvalue weighted by Crippen LogP contribution is -2.55.